The average Bonchev–Trinajstić information content (AvgIpc) is 3.36. The van der Waals surface area contributed by atoms with Crippen LogP contribution in [0, 0.1) is 18.7 Å². The first kappa shape index (κ1) is 22.7. The van der Waals surface area contributed by atoms with E-state index in [1.807, 2.05) is 31.2 Å². The molecular formula is C27H23FN2O5. The van der Waals surface area contributed by atoms with Gasteiger partial charge in [-0.1, -0.05) is 30.3 Å². The van der Waals surface area contributed by atoms with Gasteiger partial charge in [0.25, 0.3) is 5.91 Å². The fourth-order valence-corrected chi connectivity index (χ4v) is 4.65. The van der Waals surface area contributed by atoms with Crippen molar-refractivity contribution in [1.29, 1.82) is 0 Å². The summed E-state index contributed by atoms with van der Waals surface area (Å²) in [7, 11) is 0. The summed E-state index contributed by atoms with van der Waals surface area (Å²) in [5.74, 6) is -2.63. The van der Waals surface area contributed by atoms with Gasteiger partial charge in [-0.25, -0.2) is 19.1 Å². The molecule has 2 aliphatic rings. The molecule has 0 N–H and O–H groups in total. The van der Waals surface area contributed by atoms with Gasteiger partial charge in [0.05, 0.1) is 29.6 Å². The first-order valence-electron chi connectivity index (χ1n) is 11.3. The van der Waals surface area contributed by atoms with Gasteiger partial charge in [-0.05, 0) is 67.4 Å². The second kappa shape index (κ2) is 8.96. The molecule has 178 valence electrons. The number of imide groups is 1. The number of carbonyl (C=O) groups excluding carboxylic acids is 3. The summed E-state index contributed by atoms with van der Waals surface area (Å²) in [5, 5.41) is 1.59. The molecule has 0 unspecified atom stereocenters. The van der Waals surface area contributed by atoms with Crippen LogP contribution in [0.3, 0.4) is 0 Å². The maximum Gasteiger partial charge on any atom is 0.338 e. The van der Waals surface area contributed by atoms with Crippen LogP contribution in [0.4, 0.5) is 15.8 Å². The third kappa shape index (κ3) is 3.85. The van der Waals surface area contributed by atoms with Crippen LogP contribution in [0.1, 0.15) is 34.5 Å². The first-order valence-corrected chi connectivity index (χ1v) is 11.3. The molecule has 3 aromatic carbocycles. The zero-order valence-electron chi connectivity index (χ0n) is 19.2. The molecule has 0 aliphatic carbocycles. The molecule has 2 fully saturated rings. The number of ether oxygens (including phenoxy) is 1. The Labute approximate surface area is 201 Å². The Morgan fingerprint density at radius 2 is 1.66 bits per heavy atom. The number of aryl methyl sites for hydroxylation is 1. The summed E-state index contributed by atoms with van der Waals surface area (Å²) in [4.78, 5) is 46.3. The van der Waals surface area contributed by atoms with Crippen LogP contribution < -0.4 is 9.96 Å². The normalized spacial score (nSPS) is 21.4. The van der Waals surface area contributed by atoms with Gasteiger partial charge in [-0.3, -0.25) is 14.4 Å². The highest BCUT2D eigenvalue weighted by molar-refractivity contribution is 6.24. The van der Waals surface area contributed by atoms with Crippen molar-refractivity contribution in [2.75, 3.05) is 16.6 Å². The number of amides is 2. The van der Waals surface area contributed by atoms with Crippen molar-refractivity contribution < 1.29 is 28.3 Å². The van der Waals surface area contributed by atoms with Crippen molar-refractivity contribution in [2.24, 2.45) is 5.92 Å². The highest BCUT2D eigenvalue weighted by atomic mass is 19.1. The number of hydrogen-bond donors (Lipinski definition) is 0. The molecule has 3 aromatic rings. The van der Waals surface area contributed by atoms with Crippen molar-refractivity contribution in [1.82, 2.24) is 0 Å². The number of nitrogens with zero attached hydrogens (tertiary/aromatic N) is 2. The molecule has 0 radical (unpaired) electrons. The van der Waals surface area contributed by atoms with Gasteiger partial charge in [-0.2, -0.15) is 0 Å². The number of para-hydroxylation sites is 1. The van der Waals surface area contributed by atoms with E-state index in [9.17, 15) is 18.8 Å². The first-order chi connectivity index (χ1) is 16.9. The van der Waals surface area contributed by atoms with E-state index in [2.05, 4.69) is 0 Å². The molecule has 0 bridgehead atoms. The van der Waals surface area contributed by atoms with Crippen molar-refractivity contribution in [3.05, 3.63) is 95.3 Å². The smallest absolute Gasteiger partial charge is 0.338 e. The van der Waals surface area contributed by atoms with E-state index in [1.54, 1.807) is 24.1 Å². The molecule has 7 nitrogen and oxygen atoms in total. The predicted molar refractivity (Wildman–Crippen MR) is 126 cm³/mol. The standard InChI is InChI=1S/C27H23FN2O5/c1-3-34-27(33)18-10-14-20(15-11-18)29-25(31)22-23(17-8-12-19(28)13-9-17)30(35-24(22)26(29)32)21-7-5-4-6-16(21)2/h4-15,22-24H,3H2,1-2H3/t22-,23+,24-/m0/s1. The zero-order valence-corrected chi connectivity index (χ0v) is 19.2. The molecule has 2 amide bonds. The van der Waals surface area contributed by atoms with Crippen LogP contribution in [-0.2, 0) is 19.2 Å². The molecule has 2 aliphatic heterocycles. The fraction of sp³-hybridized carbons (Fsp3) is 0.222. The lowest BCUT2D eigenvalue weighted by molar-refractivity contribution is -0.126. The minimum atomic E-state index is -1.04. The Balaban J connectivity index is 1.52. The quantitative estimate of drug-likeness (QED) is 0.404. The number of anilines is 2. The second-order valence-electron chi connectivity index (χ2n) is 8.44. The molecule has 5 rings (SSSR count). The molecule has 2 heterocycles. The maximum atomic E-state index is 13.7. The van der Waals surface area contributed by atoms with Crippen LogP contribution in [0.15, 0.2) is 72.8 Å². The second-order valence-corrected chi connectivity index (χ2v) is 8.44. The number of hydroxylamine groups is 1. The van der Waals surface area contributed by atoms with Crippen LogP contribution in [0.25, 0.3) is 0 Å². The number of carbonyl (C=O) groups is 3. The molecule has 8 heteroatoms. The number of hydrogen-bond acceptors (Lipinski definition) is 6. The predicted octanol–water partition coefficient (Wildman–Crippen LogP) is 4.36. The van der Waals surface area contributed by atoms with E-state index < -0.39 is 41.7 Å². The summed E-state index contributed by atoms with van der Waals surface area (Å²) in [5.41, 5.74) is 2.95. The van der Waals surface area contributed by atoms with Gasteiger partial charge in [0.15, 0.2) is 6.10 Å². The van der Waals surface area contributed by atoms with Crippen molar-refractivity contribution in [3.63, 3.8) is 0 Å². The van der Waals surface area contributed by atoms with Crippen LogP contribution >= 0.6 is 0 Å². The lowest BCUT2D eigenvalue weighted by Gasteiger charge is -2.29. The molecule has 0 saturated carbocycles. The summed E-state index contributed by atoms with van der Waals surface area (Å²) in [6, 6.07) is 18.8. The number of benzene rings is 3. The van der Waals surface area contributed by atoms with Crippen molar-refractivity contribution in [2.45, 2.75) is 26.0 Å². The summed E-state index contributed by atoms with van der Waals surface area (Å²) >= 11 is 0. The van der Waals surface area contributed by atoms with E-state index in [4.69, 9.17) is 9.57 Å². The third-order valence-corrected chi connectivity index (χ3v) is 6.32. The number of rotatable bonds is 5. The van der Waals surface area contributed by atoms with E-state index >= 15 is 0 Å². The van der Waals surface area contributed by atoms with E-state index in [0.717, 1.165) is 16.2 Å². The Morgan fingerprint density at radius 3 is 2.31 bits per heavy atom. The minimum absolute atomic E-state index is 0.243. The van der Waals surface area contributed by atoms with Gasteiger partial charge >= 0.3 is 5.97 Å². The van der Waals surface area contributed by atoms with Crippen LogP contribution in [0.2, 0.25) is 0 Å². The number of fused-ring (bicyclic) bond motifs is 1. The maximum absolute atomic E-state index is 13.7. The lowest BCUT2D eigenvalue weighted by atomic mass is 9.90. The van der Waals surface area contributed by atoms with Gasteiger partial charge in [-0.15, -0.1) is 0 Å². The molecule has 0 spiro atoms. The van der Waals surface area contributed by atoms with Crippen LogP contribution in [0.5, 0.6) is 0 Å². The van der Waals surface area contributed by atoms with E-state index in [1.165, 1.54) is 36.4 Å². The molecular weight excluding hydrogens is 451 g/mol. The molecule has 3 atom stereocenters. The van der Waals surface area contributed by atoms with Crippen molar-refractivity contribution in [3.8, 4) is 0 Å². The van der Waals surface area contributed by atoms with E-state index in [0.29, 0.717) is 16.8 Å². The largest absolute Gasteiger partial charge is 0.462 e. The minimum Gasteiger partial charge on any atom is -0.462 e. The van der Waals surface area contributed by atoms with Gasteiger partial charge in [0.2, 0.25) is 5.91 Å². The van der Waals surface area contributed by atoms with Gasteiger partial charge < -0.3 is 4.74 Å². The average molecular weight is 474 g/mol. The van der Waals surface area contributed by atoms with E-state index in [-0.39, 0.29) is 6.61 Å². The summed E-state index contributed by atoms with van der Waals surface area (Å²) in [6.45, 7) is 3.87. The Kier molecular flexibility index (Phi) is 5.82. The van der Waals surface area contributed by atoms with Gasteiger partial charge in [0, 0.05) is 0 Å². The molecule has 0 aromatic heterocycles. The van der Waals surface area contributed by atoms with Gasteiger partial charge in [0.1, 0.15) is 11.7 Å². The molecule has 2 saturated heterocycles. The topological polar surface area (TPSA) is 76.2 Å². The highest BCUT2D eigenvalue weighted by Crippen LogP contribution is 2.48. The SMILES string of the molecule is CCOC(=O)c1ccc(N2C(=O)[C@@H]3[C@H](ON(c4ccccc4C)[C@@H]3c3ccc(F)cc3)C2=O)cc1. The monoisotopic (exact) mass is 474 g/mol. The Morgan fingerprint density at radius 1 is 0.971 bits per heavy atom. The lowest BCUT2D eigenvalue weighted by Crippen LogP contribution is -2.37. The van der Waals surface area contributed by atoms with Crippen LogP contribution in [-0.4, -0.2) is 30.5 Å². The summed E-state index contributed by atoms with van der Waals surface area (Å²) < 4.78 is 18.7. The number of esters is 1. The van der Waals surface area contributed by atoms with Crippen molar-refractivity contribution >= 4 is 29.2 Å². The molecule has 35 heavy (non-hydrogen) atoms. The Hall–Kier alpha value is -4.04. The third-order valence-electron chi connectivity index (χ3n) is 6.32. The Bertz CT molecular complexity index is 1290. The number of halogens is 1. The zero-order chi connectivity index (χ0) is 24.7. The fourth-order valence-electron chi connectivity index (χ4n) is 4.65. The summed E-state index contributed by atoms with van der Waals surface area (Å²) in [6.07, 6.45) is -1.04. The highest BCUT2D eigenvalue weighted by Gasteiger charge is 2.60.